The van der Waals surface area contributed by atoms with Crippen LogP contribution in [0.3, 0.4) is 0 Å². The summed E-state index contributed by atoms with van der Waals surface area (Å²) in [6.07, 6.45) is 7.65. The maximum atomic E-state index is 13.6. The fourth-order valence-corrected chi connectivity index (χ4v) is 2.72. The first kappa shape index (κ1) is 13.5. The molecule has 1 aliphatic heterocycles. The van der Waals surface area contributed by atoms with Crippen molar-refractivity contribution in [2.45, 2.75) is 24.7 Å². The van der Waals surface area contributed by atoms with Gasteiger partial charge in [0.15, 0.2) is 5.16 Å². The summed E-state index contributed by atoms with van der Waals surface area (Å²) in [6, 6.07) is 1.73. The number of hydrogen-bond acceptors (Lipinski definition) is 5. The van der Waals surface area contributed by atoms with Crippen LogP contribution in [-0.4, -0.2) is 32.7 Å². The minimum absolute atomic E-state index is 0.243. The molecule has 0 radical (unpaired) electrons. The Kier molecular flexibility index (Phi) is 3.93. The number of aromatic nitrogens is 3. The van der Waals surface area contributed by atoms with Crippen molar-refractivity contribution in [2.24, 2.45) is 0 Å². The van der Waals surface area contributed by atoms with E-state index in [0.717, 1.165) is 35.9 Å². The number of halogens is 1. The van der Waals surface area contributed by atoms with E-state index in [4.69, 9.17) is 0 Å². The molecular weight excluding hydrogens is 275 g/mol. The fraction of sp³-hybridized carbons (Fsp3) is 0.357. The predicted octanol–water partition coefficient (Wildman–Crippen LogP) is 2.29. The van der Waals surface area contributed by atoms with Crippen LogP contribution < -0.4 is 0 Å². The molecule has 0 fully saturated rings. The fourth-order valence-electron chi connectivity index (χ4n) is 2.36. The molecule has 0 unspecified atom stereocenters. The predicted molar refractivity (Wildman–Crippen MR) is 75.8 cm³/mol. The highest BCUT2D eigenvalue weighted by Gasteiger charge is 2.19. The van der Waals surface area contributed by atoms with E-state index in [0.29, 0.717) is 12.1 Å². The molecule has 0 atom stereocenters. The van der Waals surface area contributed by atoms with Crippen molar-refractivity contribution in [3.8, 4) is 0 Å². The van der Waals surface area contributed by atoms with Crippen LogP contribution in [0.1, 0.15) is 16.8 Å². The lowest BCUT2D eigenvalue weighted by Crippen LogP contribution is -2.31. The van der Waals surface area contributed by atoms with Gasteiger partial charge in [-0.2, -0.15) is 0 Å². The van der Waals surface area contributed by atoms with Crippen LogP contribution in [0.25, 0.3) is 0 Å². The maximum absolute atomic E-state index is 13.6. The Labute approximate surface area is 121 Å². The Balaban J connectivity index is 1.74. The molecule has 6 heteroatoms. The SMILES string of the molecule is CSc1ncc2c(n1)CCN(Cc1ccncc1F)C2. The summed E-state index contributed by atoms with van der Waals surface area (Å²) in [4.78, 5) is 14.8. The molecule has 2 aromatic rings. The lowest BCUT2D eigenvalue weighted by molar-refractivity contribution is 0.238. The first-order valence-corrected chi connectivity index (χ1v) is 7.68. The van der Waals surface area contributed by atoms with E-state index in [2.05, 4.69) is 19.9 Å². The minimum atomic E-state index is -0.243. The normalized spacial score (nSPS) is 15.1. The standard InChI is InChI=1S/C14H15FN4S/c1-20-14-17-6-11-9-19(5-3-13(11)18-14)8-10-2-4-16-7-12(10)15/h2,4,6-7H,3,5,8-9H2,1H3. The highest BCUT2D eigenvalue weighted by molar-refractivity contribution is 7.98. The summed E-state index contributed by atoms with van der Waals surface area (Å²) < 4.78 is 13.6. The average molecular weight is 290 g/mol. The highest BCUT2D eigenvalue weighted by atomic mass is 32.2. The van der Waals surface area contributed by atoms with Gasteiger partial charge in [0.25, 0.3) is 0 Å². The van der Waals surface area contributed by atoms with Crippen molar-refractivity contribution in [3.05, 3.63) is 47.3 Å². The van der Waals surface area contributed by atoms with Crippen LogP contribution >= 0.6 is 11.8 Å². The maximum Gasteiger partial charge on any atom is 0.187 e. The number of fused-ring (bicyclic) bond motifs is 1. The molecule has 0 amide bonds. The second kappa shape index (κ2) is 5.85. The van der Waals surface area contributed by atoms with Gasteiger partial charge in [-0.25, -0.2) is 14.4 Å². The summed E-state index contributed by atoms with van der Waals surface area (Å²) in [7, 11) is 0. The molecule has 4 nitrogen and oxygen atoms in total. The van der Waals surface area contributed by atoms with Gasteiger partial charge < -0.3 is 0 Å². The van der Waals surface area contributed by atoms with Crippen molar-refractivity contribution in [2.75, 3.05) is 12.8 Å². The van der Waals surface area contributed by atoms with E-state index < -0.39 is 0 Å². The highest BCUT2D eigenvalue weighted by Crippen LogP contribution is 2.21. The van der Waals surface area contributed by atoms with Gasteiger partial charge in [-0.1, -0.05) is 11.8 Å². The van der Waals surface area contributed by atoms with Crippen molar-refractivity contribution in [1.82, 2.24) is 19.9 Å². The molecule has 1 aliphatic rings. The zero-order chi connectivity index (χ0) is 13.9. The number of pyridine rings is 1. The minimum Gasteiger partial charge on any atom is -0.294 e. The van der Waals surface area contributed by atoms with Gasteiger partial charge >= 0.3 is 0 Å². The largest absolute Gasteiger partial charge is 0.294 e. The molecule has 0 bridgehead atoms. The molecule has 0 aromatic carbocycles. The zero-order valence-electron chi connectivity index (χ0n) is 11.2. The lowest BCUT2D eigenvalue weighted by Gasteiger charge is -2.28. The quantitative estimate of drug-likeness (QED) is 0.641. The lowest BCUT2D eigenvalue weighted by atomic mass is 10.1. The molecule has 20 heavy (non-hydrogen) atoms. The Hall–Kier alpha value is -1.53. The third-order valence-corrected chi connectivity index (χ3v) is 3.99. The van der Waals surface area contributed by atoms with Gasteiger partial charge in [0.1, 0.15) is 5.82 Å². The summed E-state index contributed by atoms with van der Waals surface area (Å²) in [6.45, 7) is 2.25. The van der Waals surface area contributed by atoms with E-state index in [-0.39, 0.29) is 5.82 Å². The van der Waals surface area contributed by atoms with E-state index in [1.165, 1.54) is 6.20 Å². The van der Waals surface area contributed by atoms with Gasteiger partial charge in [0.2, 0.25) is 0 Å². The van der Waals surface area contributed by atoms with Crippen LogP contribution in [0.2, 0.25) is 0 Å². The van der Waals surface area contributed by atoms with Gasteiger partial charge in [0, 0.05) is 49.6 Å². The molecule has 2 aromatic heterocycles. The average Bonchev–Trinajstić information content (AvgIpc) is 2.49. The number of rotatable bonds is 3. The molecule has 3 rings (SSSR count). The van der Waals surface area contributed by atoms with E-state index in [1.807, 2.05) is 12.5 Å². The van der Waals surface area contributed by atoms with Gasteiger partial charge in [0.05, 0.1) is 11.9 Å². The molecule has 0 saturated heterocycles. The number of thioether (sulfide) groups is 1. The summed E-state index contributed by atoms with van der Waals surface area (Å²) in [5.74, 6) is -0.243. The number of nitrogens with zero attached hydrogens (tertiary/aromatic N) is 4. The Bertz CT molecular complexity index is 620. The van der Waals surface area contributed by atoms with Crippen LogP contribution in [0.4, 0.5) is 4.39 Å². The van der Waals surface area contributed by atoms with E-state index in [1.54, 1.807) is 24.0 Å². The van der Waals surface area contributed by atoms with Crippen molar-refractivity contribution in [3.63, 3.8) is 0 Å². The van der Waals surface area contributed by atoms with Crippen LogP contribution in [0.5, 0.6) is 0 Å². The molecule has 0 spiro atoms. The molecule has 0 N–H and O–H groups in total. The Morgan fingerprint density at radius 3 is 3.10 bits per heavy atom. The smallest absolute Gasteiger partial charge is 0.187 e. The summed E-state index contributed by atoms with van der Waals surface area (Å²) >= 11 is 1.55. The van der Waals surface area contributed by atoms with Crippen LogP contribution in [0.15, 0.2) is 29.8 Å². The Morgan fingerprint density at radius 2 is 2.30 bits per heavy atom. The van der Waals surface area contributed by atoms with Gasteiger partial charge in [-0.3, -0.25) is 9.88 Å². The third kappa shape index (κ3) is 2.81. The molecule has 0 aliphatic carbocycles. The summed E-state index contributed by atoms with van der Waals surface area (Å²) in [5.41, 5.74) is 2.95. The number of hydrogen-bond donors (Lipinski definition) is 0. The van der Waals surface area contributed by atoms with Gasteiger partial charge in [-0.05, 0) is 12.3 Å². The second-order valence-electron chi connectivity index (χ2n) is 4.76. The topological polar surface area (TPSA) is 41.9 Å². The van der Waals surface area contributed by atoms with Crippen molar-refractivity contribution < 1.29 is 4.39 Å². The summed E-state index contributed by atoms with van der Waals surface area (Å²) in [5, 5.41) is 0.817. The Morgan fingerprint density at radius 1 is 1.40 bits per heavy atom. The molecule has 0 saturated carbocycles. The van der Waals surface area contributed by atoms with E-state index >= 15 is 0 Å². The second-order valence-corrected chi connectivity index (χ2v) is 5.53. The first-order valence-electron chi connectivity index (χ1n) is 6.46. The van der Waals surface area contributed by atoms with Crippen molar-refractivity contribution in [1.29, 1.82) is 0 Å². The molecule has 104 valence electrons. The van der Waals surface area contributed by atoms with Crippen molar-refractivity contribution >= 4 is 11.8 Å². The van der Waals surface area contributed by atoms with Gasteiger partial charge in [-0.15, -0.1) is 0 Å². The third-order valence-electron chi connectivity index (χ3n) is 3.42. The first-order chi connectivity index (χ1) is 9.76. The van der Waals surface area contributed by atoms with Crippen LogP contribution in [-0.2, 0) is 19.5 Å². The van der Waals surface area contributed by atoms with E-state index in [9.17, 15) is 4.39 Å². The molecular formula is C14H15FN4S. The zero-order valence-corrected chi connectivity index (χ0v) is 12.0. The molecule has 3 heterocycles. The monoisotopic (exact) mass is 290 g/mol. The van der Waals surface area contributed by atoms with Crippen LogP contribution in [0, 0.1) is 5.82 Å².